The van der Waals surface area contributed by atoms with Crippen molar-refractivity contribution in [2.75, 3.05) is 20.8 Å². The molecule has 0 saturated carbocycles. The second-order valence-corrected chi connectivity index (χ2v) is 9.12. The molecule has 1 aliphatic rings. The zero-order valence-corrected chi connectivity index (χ0v) is 23.0. The summed E-state index contributed by atoms with van der Waals surface area (Å²) >= 11 is 0. The molecule has 0 N–H and O–H groups in total. The molecular weight excluding hydrogens is 571 g/mol. The van der Waals surface area contributed by atoms with E-state index in [4.69, 9.17) is 23.8 Å². The Bertz CT molecular complexity index is 1320. The van der Waals surface area contributed by atoms with Gasteiger partial charge in [-0.25, -0.2) is 9.67 Å². The van der Waals surface area contributed by atoms with Crippen LogP contribution >= 0.6 is 0 Å². The van der Waals surface area contributed by atoms with Gasteiger partial charge in [0.15, 0.2) is 11.9 Å². The first-order chi connectivity index (χ1) is 20.0. The third-order valence-corrected chi connectivity index (χ3v) is 6.34. The Labute approximate surface area is 237 Å². The maximum atomic E-state index is 13.1. The number of ether oxygens (including phenoxy) is 5. The van der Waals surface area contributed by atoms with Gasteiger partial charge in [0.1, 0.15) is 24.3 Å². The van der Waals surface area contributed by atoms with E-state index in [2.05, 4.69) is 20.0 Å². The number of hydrogen-bond acceptors (Lipinski definition) is 9. The SMILES string of the molecule is CCO[C@@H]1[C@@H](OC)[C@H](C)O[C@@H](ON=Cc2ccc(-c3ncn(-c4ccc(OC(F)(F)C(F)(F)F)cc4)n3)cc2)[C@@H]1OC. The van der Waals surface area contributed by atoms with E-state index in [0.29, 0.717) is 29.2 Å². The maximum absolute atomic E-state index is 13.1. The average molecular weight is 601 g/mol. The number of methoxy groups -OCH3 is 2. The van der Waals surface area contributed by atoms with E-state index in [1.54, 1.807) is 31.4 Å². The van der Waals surface area contributed by atoms with E-state index in [9.17, 15) is 22.0 Å². The van der Waals surface area contributed by atoms with Gasteiger partial charge in [0.25, 0.3) is 6.29 Å². The van der Waals surface area contributed by atoms with Crippen LogP contribution in [-0.4, -0.2) is 84.8 Å². The highest BCUT2D eigenvalue weighted by Crippen LogP contribution is 2.37. The number of aromatic nitrogens is 3. The lowest BCUT2D eigenvalue weighted by atomic mass is 9.99. The molecule has 0 amide bonds. The quantitative estimate of drug-likeness (QED) is 0.172. The molecule has 2 aromatic carbocycles. The Hall–Kier alpha value is -3.66. The van der Waals surface area contributed by atoms with Gasteiger partial charge in [-0.3, -0.25) is 0 Å². The normalized spacial score (nSPS) is 23.3. The molecular formula is C27H29F5N4O6. The molecule has 2 heterocycles. The first kappa shape index (κ1) is 31.3. The first-order valence-electron chi connectivity index (χ1n) is 12.7. The molecule has 42 heavy (non-hydrogen) atoms. The molecule has 0 spiro atoms. The van der Waals surface area contributed by atoms with Gasteiger partial charge in [-0.05, 0) is 43.7 Å². The van der Waals surface area contributed by atoms with Gasteiger partial charge in [0.2, 0.25) is 0 Å². The Morgan fingerprint density at radius 3 is 2.21 bits per heavy atom. The van der Waals surface area contributed by atoms with Crippen molar-refractivity contribution in [3.8, 4) is 22.8 Å². The van der Waals surface area contributed by atoms with Crippen molar-refractivity contribution in [1.82, 2.24) is 14.8 Å². The molecule has 1 aliphatic heterocycles. The van der Waals surface area contributed by atoms with Crippen LogP contribution in [0.1, 0.15) is 19.4 Å². The molecule has 5 atom stereocenters. The minimum absolute atomic E-state index is 0.324. The number of halogens is 5. The Kier molecular flexibility index (Phi) is 9.76. The molecule has 228 valence electrons. The van der Waals surface area contributed by atoms with Crippen LogP contribution in [0.25, 0.3) is 17.1 Å². The summed E-state index contributed by atoms with van der Waals surface area (Å²) in [5, 5.41) is 8.38. The van der Waals surface area contributed by atoms with Gasteiger partial charge < -0.3 is 28.5 Å². The number of alkyl halides is 5. The van der Waals surface area contributed by atoms with Crippen molar-refractivity contribution >= 4 is 6.21 Å². The van der Waals surface area contributed by atoms with Crippen LogP contribution in [0.3, 0.4) is 0 Å². The standard InChI is InChI=1S/C27H29F5N4O6/c1-5-39-22-21(37-3)16(2)40-25(23(22)38-4)42-34-14-17-6-8-18(9-7-17)24-33-15-36(35-24)19-10-12-20(13-11-19)41-27(31,32)26(28,29)30/h6-16,21-23,25H,5H2,1-4H3/t16-,21-,22+,23+,25-/m0/s1. The minimum Gasteiger partial charge on any atom is -0.426 e. The summed E-state index contributed by atoms with van der Waals surface area (Å²) in [4.78, 5) is 9.83. The molecule has 1 aromatic heterocycles. The van der Waals surface area contributed by atoms with Gasteiger partial charge in [-0.2, -0.15) is 22.0 Å². The van der Waals surface area contributed by atoms with Crippen LogP contribution in [0.5, 0.6) is 5.75 Å². The number of oxime groups is 1. The van der Waals surface area contributed by atoms with Crippen LogP contribution in [0.4, 0.5) is 22.0 Å². The van der Waals surface area contributed by atoms with Crippen molar-refractivity contribution in [3.05, 3.63) is 60.4 Å². The van der Waals surface area contributed by atoms with Crippen LogP contribution in [-0.2, 0) is 23.8 Å². The fraction of sp³-hybridized carbons (Fsp3) is 0.444. The smallest absolute Gasteiger partial charge is 0.426 e. The fourth-order valence-electron chi connectivity index (χ4n) is 4.28. The summed E-state index contributed by atoms with van der Waals surface area (Å²) in [7, 11) is 3.11. The van der Waals surface area contributed by atoms with Crippen LogP contribution in [0.15, 0.2) is 60.0 Å². The molecule has 3 aromatic rings. The third-order valence-electron chi connectivity index (χ3n) is 6.34. The van der Waals surface area contributed by atoms with Crippen molar-refractivity contribution in [3.63, 3.8) is 0 Å². The average Bonchev–Trinajstić information content (AvgIpc) is 3.44. The van der Waals surface area contributed by atoms with Crippen LogP contribution in [0, 0.1) is 0 Å². The number of rotatable bonds is 11. The number of benzene rings is 2. The summed E-state index contributed by atoms with van der Waals surface area (Å²) in [5.41, 5.74) is 1.73. The molecule has 0 aliphatic carbocycles. The molecule has 4 rings (SSSR count). The predicted octanol–water partition coefficient (Wildman–Crippen LogP) is 5.00. The Balaban J connectivity index is 1.38. The zero-order valence-electron chi connectivity index (χ0n) is 23.0. The molecule has 1 saturated heterocycles. The van der Waals surface area contributed by atoms with Crippen molar-refractivity contribution in [2.24, 2.45) is 5.16 Å². The lowest BCUT2D eigenvalue weighted by Gasteiger charge is -2.42. The van der Waals surface area contributed by atoms with E-state index in [-0.39, 0.29) is 12.2 Å². The second-order valence-electron chi connectivity index (χ2n) is 9.12. The lowest BCUT2D eigenvalue weighted by molar-refractivity contribution is -0.360. The molecule has 10 nitrogen and oxygen atoms in total. The van der Waals surface area contributed by atoms with Crippen LogP contribution in [0.2, 0.25) is 0 Å². The highest BCUT2D eigenvalue weighted by molar-refractivity contribution is 5.80. The van der Waals surface area contributed by atoms with E-state index in [1.807, 2.05) is 13.8 Å². The highest BCUT2D eigenvalue weighted by atomic mass is 19.4. The Morgan fingerprint density at radius 2 is 1.62 bits per heavy atom. The van der Waals surface area contributed by atoms with Gasteiger partial charge in [0.05, 0.1) is 18.0 Å². The van der Waals surface area contributed by atoms with Crippen molar-refractivity contribution in [1.29, 1.82) is 0 Å². The first-order valence-corrected chi connectivity index (χ1v) is 12.7. The summed E-state index contributed by atoms with van der Waals surface area (Å²) in [6.07, 6.45) is -10.7. The van der Waals surface area contributed by atoms with E-state index < -0.39 is 36.5 Å². The Morgan fingerprint density at radius 1 is 0.952 bits per heavy atom. The summed E-state index contributed by atoms with van der Waals surface area (Å²) in [6, 6.07) is 11.5. The zero-order chi connectivity index (χ0) is 30.5. The van der Waals surface area contributed by atoms with Gasteiger partial charge >= 0.3 is 12.3 Å². The fourth-order valence-corrected chi connectivity index (χ4v) is 4.28. The van der Waals surface area contributed by atoms with Crippen LogP contribution < -0.4 is 4.74 Å². The lowest BCUT2D eigenvalue weighted by Crippen LogP contribution is -2.59. The third kappa shape index (κ3) is 7.03. The van der Waals surface area contributed by atoms with E-state index in [0.717, 1.165) is 12.1 Å². The number of nitrogens with zero attached hydrogens (tertiary/aromatic N) is 4. The summed E-state index contributed by atoms with van der Waals surface area (Å²) < 4.78 is 91.3. The van der Waals surface area contributed by atoms with Gasteiger partial charge in [-0.1, -0.05) is 29.4 Å². The molecule has 1 fully saturated rings. The second kappa shape index (κ2) is 13.1. The highest BCUT2D eigenvalue weighted by Gasteiger charge is 2.61. The monoisotopic (exact) mass is 600 g/mol. The molecule has 0 radical (unpaired) electrons. The minimum atomic E-state index is -5.84. The molecule has 0 unspecified atom stereocenters. The topological polar surface area (TPSA) is 98.5 Å². The van der Waals surface area contributed by atoms with E-state index in [1.165, 1.54) is 36.5 Å². The number of hydrogen-bond donors (Lipinski definition) is 0. The van der Waals surface area contributed by atoms with E-state index >= 15 is 0 Å². The predicted molar refractivity (Wildman–Crippen MR) is 138 cm³/mol. The van der Waals surface area contributed by atoms with Gasteiger partial charge in [0, 0.05) is 26.4 Å². The molecule has 0 bridgehead atoms. The van der Waals surface area contributed by atoms with Crippen molar-refractivity contribution in [2.45, 2.75) is 56.8 Å². The van der Waals surface area contributed by atoms with Crippen molar-refractivity contribution < 1.29 is 50.5 Å². The largest absolute Gasteiger partial charge is 0.499 e. The maximum Gasteiger partial charge on any atom is 0.499 e. The molecule has 15 heteroatoms. The summed E-state index contributed by atoms with van der Waals surface area (Å²) in [6.45, 7) is 4.19. The summed E-state index contributed by atoms with van der Waals surface area (Å²) in [5.74, 6) is -0.306. The van der Waals surface area contributed by atoms with Gasteiger partial charge in [-0.15, -0.1) is 5.10 Å².